The molecule has 2 fully saturated rings. The van der Waals surface area contributed by atoms with Gasteiger partial charge in [0.2, 0.25) is 0 Å². The summed E-state index contributed by atoms with van der Waals surface area (Å²) in [6, 6.07) is 0. The molecule has 62 valence electrons. The highest BCUT2D eigenvalue weighted by molar-refractivity contribution is 5.90. The topological polar surface area (TPSA) is 29.6 Å². The van der Waals surface area contributed by atoms with E-state index in [2.05, 4.69) is 6.92 Å². The zero-order valence-corrected chi connectivity index (χ0v) is 6.93. The molecule has 1 aliphatic heterocycles. The van der Waals surface area contributed by atoms with E-state index < -0.39 is 0 Å². The summed E-state index contributed by atoms with van der Waals surface area (Å²) in [6.07, 6.45) is 5.25. The summed E-state index contributed by atoms with van der Waals surface area (Å²) in [5.41, 5.74) is 0.0348. The number of hydrogen-bond acceptors (Lipinski definition) is 2. The third kappa shape index (κ3) is 1.00. The Labute approximate surface area is 66.9 Å². The third-order valence-corrected chi connectivity index (χ3v) is 2.81. The maximum atomic E-state index is 11.1. The number of hydrogen-bond donors (Lipinski definition) is 0. The van der Waals surface area contributed by atoms with Gasteiger partial charge in [0.05, 0.1) is 0 Å². The molecule has 1 heterocycles. The van der Waals surface area contributed by atoms with Crippen LogP contribution in [0.4, 0.5) is 0 Å². The fourth-order valence-electron chi connectivity index (χ4n) is 2.01. The van der Waals surface area contributed by atoms with E-state index >= 15 is 0 Å². The van der Waals surface area contributed by atoms with Crippen LogP contribution in [0.1, 0.15) is 39.0 Å². The third-order valence-electron chi connectivity index (χ3n) is 2.81. The molecule has 0 aromatic rings. The second kappa shape index (κ2) is 2.31. The van der Waals surface area contributed by atoms with Crippen molar-refractivity contribution < 1.29 is 9.53 Å². The molecule has 2 atom stereocenters. The van der Waals surface area contributed by atoms with Crippen molar-refractivity contribution in [3.63, 3.8) is 0 Å². The maximum absolute atomic E-state index is 11.1. The molecule has 0 amide bonds. The summed E-state index contributed by atoms with van der Waals surface area (Å²) >= 11 is 0. The van der Waals surface area contributed by atoms with Crippen LogP contribution in [0.2, 0.25) is 0 Å². The van der Waals surface area contributed by atoms with Crippen molar-refractivity contribution in [2.45, 2.75) is 50.7 Å². The van der Waals surface area contributed by atoms with Gasteiger partial charge in [0.15, 0.2) is 5.78 Å². The van der Waals surface area contributed by atoms with E-state index in [4.69, 9.17) is 4.74 Å². The second-order valence-corrected chi connectivity index (χ2v) is 3.63. The molecule has 1 aliphatic carbocycles. The van der Waals surface area contributed by atoms with Crippen LogP contribution in [0.15, 0.2) is 0 Å². The number of ketones is 1. The van der Waals surface area contributed by atoms with Gasteiger partial charge in [-0.05, 0) is 12.8 Å². The first kappa shape index (κ1) is 7.29. The van der Waals surface area contributed by atoms with Crippen molar-refractivity contribution in [2.24, 2.45) is 0 Å². The number of carbonyl (C=O) groups is 1. The Balaban J connectivity index is 1.91. The highest BCUT2D eigenvalue weighted by Gasteiger charge is 2.63. The Hall–Kier alpha value is -0.370. The summed E-state index contributed by atoms with van der Waals surface area (Å²) in [4.78, 5) is 11.1. The van der Waals surface area contributed by atoms with Crippen molar-refractivity contribution in [1.82, 2.24) is 0 Å². The van der Waals surface area contributed by atoms with Crippen LogP contribution >= 0.6 is 0 Å². The van der Waals surface area contributed by atoms with Gasteiger partial charge in [0, 0.05) is 6.42 Å². The predicted octanol–water partition coefficient (Wildman–Crippen LogP) is 1.68. The minimum Gasteiger partial charge on any atom is -0.358 e. The Bertz CT molecular complexity index is 188. The first-order valence-corrected chi connectivity index (χ1v) is 4.49. The summed E-state index contributed by atoms with van der Waals surface area (Å²) in [5.74, 6) is 0.334. The highest BCUT2D eigenvalue weighted by Crippen LogP contribution is 2.50. The average molecular weight is 154 g/mol. The SMILES string of the molecule is CCCC[C@]12CCC(=O)[C@H]1O2. The second-order valence-electron chi connectivity index (χ2n) is 3.63. The number of fused-ring (bicyclic) bond motifs is 1. The van der Waals surface area contributed by atoms with Crippen LogP contribution in [-0.4, -0.2) is 17.5 Å². The Kier molecular flexibility index (Phi) is 1.53. The van der Waals surface area contributed by atoms with Crippen LogP contribution in [0.25, 0.3) is 0 Å². The zero-order chi connectivity index (χ0) is 7.90. The van der Waals surface area contributed by atoms with Gasteiger partial charge in [-0.1, -0.05) is 19.8 Å². The zero-order valence-electron chi connectivity index (χ0n) is 6.93. The van der Waals surface area contributed by atoms with E-state index in [0.717, 1.165) is 19.3 Å². The normalized spacial score (nSPS) is 40.8. The molecule has 1 saturated heterocycles. The molecule has 11 heavy (non-hydrogen) atoms. The lowest BCUT2D eigenvalue weighted by molar-refractivity contribution is -0.120. The first-order valence-electron chi connectivity index (χ1n) is 4.49. The van der Waals surface area contributed by atoms with Crippen LogP contribution in [0.5, 0.6) is 0 Å². The monoisotopic (exact) mass is 154 g/mol. The molecule has 0 bridgehead atoms. The Morgan fingerprint density at radius 1 is 1.73 bits per heavy atom. The van der Waals surface area contributed by atoms with Gasteiger partial charge in [-0.25, -0.2) is 0 Å². The molecule has 0 aromatic heterocycles. The average Bonchev–Trinajstić information content (AvgIpc) is 2.66. The number of Topliss-reactive ketones (excluding diaryl/α,β-unsaturated/α-hetero) is 1. The molecule has 1 saturated carbocycles. The molecule has 2 rings (SSSR count). The van der Waals surface area contributed by atoms with Gasteiger partial charge in [0.25, 0.3) is 0 Å². The first-order chi connectivity index (χ1) is 5.28. The maximum Gasteiger partial charge on any atom is 0.164 e. The molecule has 0 radical (unpaired) electrons. The van der Waals surface area contributed by atoms with Crippen molar-refractivity contribution in [1.29, 1.82) is 0 Å². The molecule has 0 spiro atoms. The fraction of sp³-hybridized carbons (Fsp3) is 0.889. The van der Waals surface area contributed by atoms with Crippen molar-refractivity contribution in [3.8, 4) is 0 Å². The smallest absolute Gasteiger partial charge is 0.164 e. The molecule has 2 aliphatic rings. The standard InChI is InChI=1S/C9H14O2/c1-2-3-5-9-6-4-7(10)8(9)11-9/h8H,2-6H2,1H3/t8-,9+/m1/s1. The van der Waals surface area contributed by atoms with Gasteiger partial charge < -0.3 is 4.74 Å². The van der Waals surface area contributed by atoms with E-state index in [-0.39, 0.29) is 11.7 Å². The van der Waals surface area contributed by atoms with Crippen LogP contribution in [0, 0.1) is 0 Å². The summed E-state index contributed by atoms with van der Waals surface area (Å²) < 4.78 is 5.41. The molecule has 0 N–H and O–H groups in total. The van der Waals surface area contributed by atoms with E-state index in [1.807, 2.05) is 0 Å². The van der Waals surface area contributed by atoms with Crippen molar-refractivity contribution in [3.05, 3.63) is 0 Å². The minimum absolute atomic E-state index is 0.00838. The van der Waals surface area contributed by atoms with Crippen LogP contribution in [-0.2, 0) is 9.53 Å². The van der Waals surface area contributed by atoms with Crippen molar-refractivity contribution >= 4 is 5.78 Å². The fourth-order valence-corrected chi connectivity index (χ4v) is 2.01. The molecular formula is C9H14O2. The van der Waals surface area contributed by atoms with Gasteiger partial charge in [-0.3, -0.25) is 4.79 Å². The van der Waals surface area contributed by atoms with E-state index in [1.54, 1.807) is 0 Å². The van der Waals surface area contributed by atoms with Gasteiger partial charge >= 0.3 is 0 Å². The summed E-state index contributed by atoms with van der Waals surface area (Å²) in [6.45, 7) is 2.17. The Morgan fingerprint density at radius 3 is 3.00 bits per heavy atom. The minimum atomic E-state index is 0.00838. The lowest BCUT2D eigenvalue weighted by Crippen LogP contribution is -2.09. The van der Waals surface area contributed by atoms with E-state index in [1.165, 1.54) is 12.8 Å². The number of rotatable bonds is 3. The Morgan fingerprint density at radius 2 is 2.55 bits per heavy atom. The molecule has 2 heteroatoms. The number of epoxide rings is 1. The number of ether oxygens (including phenoxy) is 1. The van der Waals surface area contributed by atoms with E-state index in [9.17, 15) is 4.79 Å². The van der Waals surface area contributed by atoms with Gasteiger partial charge in [0.1, 0.15) is 11.7 Å². The molecule has 0 aromatic carbocycles. The molecular weight excluding hydrogens is 140 g/mol. The van der Waals surface area contributed by atoms with Gasteiger partial charge in [-0.15, -0.1) is 0 Å². The van der Waals surface area contributed by atoms with Crippen molar-refractivity contribution in [2.75, 3.05) is 0 Å². The van der Waals surface area contributed by atoms with Gasteiger partial charge in [-0.2, -0.15) is 0 Å². The van der Waals surface area contributed by atoms with Crippen LogP contribution in [0.3, 0.4) is 0 Å². The number of unbranched alkanes of at least 4 members (excludes halogenated alkanes) is 1. The molecule has 0 unspecified atom stereocenters. The number of carbonyl (C=O) groups excluding carboxylic acids is 1. The summed E-state index contributed by atoms with van der Waals surface area (Å²) in [5, 5.41) is 0. The van der Waals surface area contributed by atoms with Crippen LogP contribution < -0.4 is 0 Å². The lowest BCUT2D eigenvalue weighted by atomic mass is 10.0. The predicted molar refractivity (Wildman–Crippen MR) is 41.4 cm³/mol. The largest absolute Gasteiger partial charge is 0.358 e. The highest BCUT2D eigenvalue weighted by atomic mass is 16.6. The van der Waals surface area contributed by atoms with E-state index in [0.29, 0.717) is 5.78 Å². The molecule has 2 nitrogen and oxygen atoms in total. The summed E-state index contributed by atoms with van der Waals surface area (Å²) in [7, 11) is 0. The lowest BCUT2D eigenvalue weighted by Gasteiger charge is -2.04. The quantitative estimate of drug-likeness (QED) is 0.579.